The van der Waals surface area contributed by atoms with E-state index in [0.29, 0.717) is 4.08 Å². The second kappa shape index (κ2) is 5.73. The molecule has 0 N–H and O–H groups in total. The van der Waals surface area contributed by atoms with Crippen LogP contribution < -0.4 is 0 Å². The van der Waals surface area contributed by atoms with Crippen molar-refractivity contribution < 1.29 is 0 Å². The Morgan fingerprint density at radius 3 is 1.91 bits per heavy atom. The summed E-state index contributed by atoms with van der Waals surface area (Å²) < 4.78 is 0.524. The minimum atomic E-state index is 0.524. The first-order valence-electron chi connectivity index (χ1n) is 9.62. The van der Waals surface area contributed by atoms with Gasteiger partial charge in [-0.25, -0.2) is 0 Å². The van der Waals surface area contributed by atoms with Crippen molar-refractivity contribution in [1.82, 2.24) is 0 Å². The molecule has 23 heavy (non-hydrogen) atoms. The molecule has 1 saturated heterocycles. The van der Waals surface area contributed by atoms with Crippen LogP contribution in [0.4, 0.5) is 0 Å². The van der Waals surface area contributed by atoms with E-state index >= 15 is 0 Å². The van der Waals surface area contributed by atoms with E-state index in [1.807, 2.05) is 0 Å². The maximum absolute atomic E-state index is 2.63. The third-order valence-corrected chi connectivity index (χ3v) is 10.4. The Kier molecular flexibility index (Phi) is 3.79. The van der Waals surface area contributed by atoms with E-state index < -0.39 is 0 Å². The first kappa shape index (κ1) is 15.2. The molecule has 124 valence electrons. The lowest BCUT2D eigenvalue weighted by molar-refractivity contribution is 0.217. The largest absolute Gasteiger partial charge is 0.143 e. The van der Waals surface area contributed by atoms with Gasteiger partial charge in [0.05, 0.1) is 4.08 Å². The molecular formula is C21H28S2. The van der Waals surface area contributed by atoms with Crippen molar-refractivity contribution in [2.45, 2.75) is 62.4 Å². The molecular weight excluding hydrogens is 316 g/mol. The van der Waals surface area contributed by atoms with Crippen LogP contribution in [0.15, 0.2) is 12.1 Å². The molecule has 1 spiro atoms. The van der Waals surface area contributed by atoms with E-state index in [0.717, 1.165) is 17.8 Å². The zero-order valence-electron chi connectivity index (χ0n) is 14.3. The third kappa shape index (κ3) is 2.68. The highest BCUT2D eigenvalue weighted by atomic mass is 32.2. The molecule has 5 rings (SSSR count). The molecule has 1 heterocycles. The Morgan fingerprint density at radius 1 is 0.783 bits per heavy atom. The van der Waals surface area contributed by atoms with Crippen LogP contribution in [0, 0.1) is 17.8 Å². The lowest BCUT2D eigenvalue weighted by atomic mass is 9.75. The van der Waals surface area contributed by atoms with Crippen molar-refractivity contribution in [2.75, 3.05) is 11.5 Å². The van der Waals surface area contributed by atoms with E-state index in [9.17, 15) is 0 Å². The summed E-state index contributed by atoms with van der Waals surface area (Å²) in [6, 6.07) is 5.26. The summed E-state index contributed by atoms with van der Waals surface area (Å²) in [5.74, 6) is 5.68. The van der Waals surface area contributed by atoms with Gasteiger partial charge in [-0.3, -0.25) is 0 Å². The molecule has 2 fully saturated rings. The standard InChI is InChI=1S/C21H28S2/c1-14-2-4-15(5-3-14)16-8-17-10-19-12-21(22-6-7-23-21)13-20(19)11-18(17)9-16/h10-11,14-16H,2-9,12-13H2,1H3. The predicted molar refractivity (Wildman–Crippen MR) is 104 cm³/mol. The van der Waals surface area contributed by atoms with Crippen LogP contribution in [0.5, 0.6) is 0 Å². The zero-order chi connectivity index (χ0) is 15.4. The van der Waals surface area contributed by atoms with Crippen molar-refractivity contribution in [1.29, 1.82) is 0 Å². The molecule has 0 bridgehead atoms. The van der Waals surface area contributed by atoms with Crippen molar-refractivity contribution in [3.8, 4) is 0 Å². The van der Waals surface area contributed by atoms with Crippen LogP contribution >= 0.6 is 23.5 Å². The maximum atomic E-state index is 2.63. The SMILES string of the molecule is CC1CCC(C2Cc3cc4c(cc3C2)CC2(C4)SCCS2)CC1. The molecule has 0 atom stereocenters. The highest BCUT2D eigenvalue weighted by Crippen LogP contribution is 2.53. The molecule has 0 unspecified atom stereocenters. The average molecular weight is 345 g/mol. The zero-order valence-corrected chi connectivity index (χ0v) is 15.9. The van der Waals surface area contributed by atoms with Crippen LogP contribution in [0.2, 0.25) is 0 Å². The van der Waals surface area contributed by atoms with Gasteiger partial charge in [0.1, 0.15) is 0 Å². The number of fused-ring (bicyclic) bond motifs is 2. The minimum Gasteiger partial charge on any atom is -0.143 e. The molecule has 0 amide bonds. The van der Waals surface area contributed by atoms with Crippen molar-refractivity contribution in [2.24, 2.45) is 17.8 Å². The summed E-state index contributed by atoms with van der Waals surface area (Å²) in [7, 11) is 0. The fourth-order valence-electron chi connectivity index (χ4n) is 5.57. The van der Waals surface area contributed by atoms with Gasteiger partial charge >= 0.3 is 0 Å². The minimum absolute atomic E-state index is 0.524. The van der Waals surface area contributed by atoms with Gasteiger partial charge in [0.15, 0.2) is 0 Å². The number of benzene rings is 1. The fraction of sp³-hybridized carbons (Fsp3) is 0.714. The Morgan fingerprint density at radius 2 is 1.35 bits per heavy atom. The van der Waals surface area contributed by atoms with Gasteiger partial charge in [0.25, 0.3) is 0 Å². The maximum Gasteiger partial charge on any atom is 0.0692 e. The van der Waals surface area contributed by atoms with E-state index in [4.69, 9.17) is 0 Å². The summed E-state index contributed by atoms with van der Waals surface area (Å²) in [4.78, 5) is 0. The van der Waals surface area contributed by atoms with Crippen LogP contribution in [0.25, 0.3) is 0 Å². The van der Waals surface area contributed by atoms with Gasteiger partial charge in [0.2, 0.25) is 0 Å². The van der Waals surface area contributed by atoms with Crippen LogP contribution in [0.1, 0.15) is 54.9 Å². The van der Waals surface area contributed by atoms with Gasteiger partial charge in [-0.05, 0) is 78.5 Å². The summed E-state index contributed by atoms with van der Waals surface area (Å²) in [5.41, 5.74) is 6.84. The third-order valence-electron chi connectivity index (χ3n) is 6.95. The Balaban J connectivity index is 1.33. The molecule has 0 aromatic heterocycles. The fourth-order valence-corrected chi connectivity index (χ4v) is 8.85. The smallest absolute Gasteiger partial charge is 0.0692 e. The van der Waals surface area contributed by atoms with E-state index in [2.05, 4.69) is 42.6 Å². The highest BCUT2D eigenvalue weighted by molar-refractivity contribution is 8.21. The molecule has 1 aromatic rings. The van der Waals surface area contributed by atoms with Crippen molar-refractivity contribution in [3.63, 3.8) is 0 Å². The second-order valence-corrected chi connectivity index (χ2v) is 11.8. The van der Waals surface area contributed by atoms with Gasteiger partial charge in [-0.1, -0.05) is 31.9 Å². The number of thioether (sulfide) groups is 2. The van der Waals surface area contributed by atoms with Gasteiger partial charge in [-0.15, -0.1) is 23.5 Å². The lowest BCUT2D eigenvalue weighted by Gasteiger charge is -2.30. The summed E-state index contributed by atoms with van der Waals surface area (Å²) >= 11 is 4.47. The van der Waals surface area contributed by atoms with Crippen LogP contribution in [-0.2, 0) is 25.7 Å². The first-order chi connectivity index (χ1) is 11.2. The first-order valence-corrected chi connectivity index (χ1v) is 11.6. The number of hydrogen-bond acceptors (Lipinski definition) is 2. The summed E-state index contributed by atoms with van der Waals surface area (Å²) in [5, 5.41) is 0. The van der Waals surface area contributed by atoms with E-state index in [1.54, 1.807) is 22.3 Å². The van der Waals surface area contributed by atoms with Gasteiger partial charge in [-0.2, -0.15) is 0 Å². The Hall–Kier alpha value is -0.0800. The average Bonchev–Trinajstić information content (AvgIpc) is 3.23. The molecule has 0 nitrogen and oxygen atoms in total. The molecule has 1 saturated carbocycles. The van der Waals surface area contributed by atoms with Crippen molar-refractivity contribution in [3.05, 3.63) is 34.4 Å². The van der Waals surface area contributed by atoms with Gasteiger partial charge in [0, 0.05) is 11.5 Å². The Bertz CT molecular complexity index is 570. The Labute approximate surface area is 149 Å². The van der Waals surface area contributed by atoms with Crippen LogP contribution in [0.3, 0.4) is 0 Å². The lowest BCUT2D eigenvalue weighted by Crippen LogP contribution is -2.21. The summed E-state index contributed by atoms with van der Waals surface area (Å²) in [6.45, 7) is 2.44. The monoisotopic (exact) mass is 344 g/mol. The predicted octanol–water partition coefficient (Wildman–Crippen LogP) is 5.50. The summed E-state index contributed by atoms with van der Waals surface area (Å²) in [6.07, 6.45) is 11.4. The molecule has 1 aromatic carbocycles. The molecule has 2 heteroatoms. The molecule has 3 aliphatic carbocycles. The highest BCUT2D eigenvalue weighted by Gasteiger charge is 2.42. The number of rotatable bonds is 1. The number of hydrogen-bond donors (Lipinski definition) is 0. The van der Waals surface area contributed by atoms with Crippen LogP contribution in [-0.4, -0.2) is 15.6 Å². The molecule has 4 aliphatic rings. The van der Waals surface area contributed by atoms with Gasteiger partial charge < -0.3 is 0 Å². The second-order valence-electron chi connectivity index (χ2n) is 8.54. The quantitative estimate of drug-likeness (QED) is 0.659. The molecule has 1 aliphatic heterocycles. The van der Waals surface area contributed by atoms with E-state index in [1.165, 1.54) is 62.9 Å². The van der Waals surface area contributed by atoms with E-state index in [-0.39, 0.29) is 0 Å². The topological polar surface area (TPSA) is 0 Å². The normalized spacial score (nSPS) is 32.4. The van der Waals surface area contributed by atoms with Crippen molar-refractivity contribution >= 4 is 23.5 Å². The molecule has 0 radical (unpaired) electrons.